The molecule has 0 saturated carbocycles. The van der Waals surface area contributed by atoms with E-state index in [2.05, 4.69) is 4.98 Å². The lowest BCUT2D eigenvalue weighted by molar-refractivity contribution is 0.0526. The van der Waals surface area contributed by atoms with Crippen molar-refractivity contribution in [1.82, 2.24) is 4.98 Å². The second kappa shape index (κ2) is 4.29. The Kier molecular flexibility index (Phi) is 2.82. The van der Waals surface area contributed by atoms with Crippen LogP contribution in [0.25, 0.3) is 10.9 Å². The van der Waals surface area contributed by atoms with E-state index in [0.29, 0.717) is 23.1 Å². The summed E-state index contributed by atoms with van der Waals surface area (Å²) in [6.07, 6.45) is 0. The fourth-order valence-corrected chi connectivity index (χ4v) is 1.59. The van der Waals surface area contributed by atoms with Crippen molar-refractivity contribution in [2.45, 2.75) is 6.92 Å². The van der Waals surface area contributed by atoms with E-state index < -0.39 is 11.9 Å². The molecule has 1 aromatic heterocycles. The summed E-state index contributed by atoms with van der Waals surface area (Å²) in [5.41, 5.74) is 1.19. The number of fused-ring (bicyclic) bond motifs is 1. The van der Waals surface area contributed by atoms with E-state index in [1.54, 1.807) is 25.1 Å². The highest BCUT2D eigenvalue weighted by molar-refractivity contribution is 5.98. The van der Waals surface area contributed by atoms with Gasteiger partial charge in [0.2, 0.25) is 0 Å². The molecular formula is C12H11NO4. The lowest BCUT2D eigenvalue weighted by Crippen LogP contribution is -2.03. The van der Waals surface area contributed by atoms with Crippen molar-refractivity contribution < 1.29 is 19.4 Å². The molecule has 1 heterocycles. The molecule has 2 aromatic rings. The van der Waals surface area contributed by atoms with E-state index in [1.165, 1.54) is 6.07 Å². The van der Waals surface area contributed by atoms with Crippen LogP contribution in [0.4, 0.5) is 0 Å². The van der Waals surface area contributed by atoms with Gasteiger partial charge in [-0.25, -0.2) is 9.59 Å². The second-order valence-corrected chi connectivity index (χ2v) is 3.51. The average molecular weight is 233 g/mol. The molecule has 5 heteroatoms. The number of nitrogens with one attached hydrogen (secondary N) is 1. The number of carbonyl (C=O) groups excluding carboxylic acids is 1. The summed E-state index contributed by atoms with van der Waals surface area (Å²) in [7, 11) is 0. The van der Waals surface area contributed by atoms with E-state index in [0.717, 1.165) is 0 Å². The molecule has 0 unspecified atom stereocenters. The predicted octanol–water partition coefficient (Wildman–Crippen LogP) is 2.04. The fourth-order valence-electron chi connectivity index (χ4n) is 1.59. The molecule has 0 fully saturated rings. The van der Waals surface area contributed by atoms with Gasteiger partial charge in [0.1, 0.15) is 5.69 Å². The van der Waals surface area contributed by atoms with Crippen LogP contribution < -0.4 is 0 Å². The maximum atomic E-state index is 11.5. The Balaban J connectivity index is 2.43. The molecule has 0 amide bonds. The number of hydrogen-bond donors (Lipinski definition) is 2. The SMILES string of the molecule is CCOC(=O)c1ccc2[nH]c(C(=O)O)cc2c1. The largest absolute Gasteiger partial charge is 0.477 e. The molecular weight excluding hydrogens is 222 g/mol. The van der Waals surface area contributed by atoms with Crippen molar-refractivity contribution in [3.8, 4) is 0 Å². The quantitative estimate of drug-likeness (QED) is 0.795. The lowest BCUT2D eigenvalue weighted by Gasteiger charge is -2.00. The number of H-pyrrole nitrogens is 1. The van der Waals surface area contributed by atoms with Gasteiger partial charge in [0.05, 0.1) is 12.2 Å². The Bertz CT molecular complexity index is 585. The molecule has 0 atom stereocenters. The van der Waals surface area contributed by atoms with E-state index in [9.17, 15) is 9.59 Å². The first-order chi connectivity index (χ1) is 8.11. The van der Waals surface area contributed by atoms with Gasteiger partial charge in [0, 0.05) is 10.9 Å². The molecule has 2 rings (SSSR count). The van der Waals surface area contributed by atoms with Crippen LogP contribution in [0.2, 0.25) is 0 Å². The minimum absolute atomic E-state index is 0.0982. The Morgan fingerprint density at radius 3 is 2.76 bits per heavy atom. The van der Waals surface area contributed by atoms with E-state index in [-0.39, 0.29) is 5.69 Å². The number of ether oxygens (including phenoxy) is 1. The van der Waals surface area contributed by atoms with Gasteiger partial charge >= 0.3 is 11.9 Å². The third-order valence-corrected chi connectivity index (χ3v) is 2.36. The summed E-state index contributed by atoms with van der Waals surface area (Å²) >= 11 is 0. The monoisotopic (exact) mass is 233 g/mol. The standard InChI is InChI=1S/C12H11NO4/c1-2-17-12(16)7-3-4-9-8(5-7)6-10(13-9)11(14)15/h3-6,13H,2H2,1H3,(H,14,15). The fraction of sp³-hybridized carbons (Fsp3) is 0.167. The highest BCUT2D eigenvalue weighted by Gasteiger charge is 2.11. The molecule has 5 nitrogen and oxygen atoms in total. The number of rotatable bonds is 3. The summed E-state index contributed by atoms with van der Waals surface area (Å²) in [5.74, 6) is -1.44. The van der Waals surface area contributed by atoms with Crippen LogP contribution in [-0.2, 0) is 4.74 Å². The molecule has 0 aliphatic heterocycles. The normalized spacial score (nSPS) is 10.4. The van der Waals surface area contributed by atoms with Gasteiger partial charge in [-0.3, -0.25) is 0 Å². The number of carboxylic acids is 1. The second-order valence-electron chi connectivity index (χ2n) is 3.51. The molecule has 88 valence electrons. The average Bonchev–Trinajstić information content (AvgIpc) is 2.71. The smallest absolute Gasteiger partial charge is 0.352 e. The minimum atomic E-state index is -1.03. The summed E-state index contributed by atoms with van der Waals surface area (Å²) < 4.78 is 4.87. The first kappa shape index (κ1) is 11.2. The zero-order valence-electron chi connectivity index (χ0n) is 9.19. The maximum absolute atomic E-state index is 11.5. The number of benzene rings is 1. The van der Waals surface area contributed by atoms with Crippen LogP contribution in [-0.4, -0.2) is 28.6 Å². The molecule has 0 saturated heterocycles. The molecule has 0 aliphatic rings. The lowest BCUT2D eigenvalue weighted by atomic mass is 10.1. The number of aromatic amines is 1. The van der Waals surface area contributed by atoms with E-state index in [4.69, 9.17) is 9.84 Å². The van der Waals surface area contributed by atoms with Crippen LogP contribution in [0.3, 0.4) is 0 Å². The van der Waals surface area contributed by atoms with Gasteiger partial charge in [0.25, 0.3) is 0 Å². The number of aromatic carboxylic acids is 1. The molecule has 17 heavy (non-hydrogen) atoms. The summed E-state index contributed by atoms with van der Waals surface area (Å²) in [4.78, 5) is 25.0. The first-order valence-electron chi connectivity index (χ1n) is 5.15. The van der Waals surface area contributed by atoms with Gasteiger partial charge < -0.3 is 14.8 Å². The summed E-state index contributed by atoms with van der Waals surface area (Å²) in [6.45, 7) is 2.04. The van der Waals surface area contributed by atoms with Crippen LogP contribution in [0.1, 0.15) is 27.8 Å². The molecule has 0 spiro atoms. The van der Waals surface area contributed by atoms with Crippen molar-refractivity contribution in [2.75, 3.05) is 6.61 Å². The van der Waals surface area contributed by atoms with Crippen LogP contribution in [0.15, 0.2) is 24.3 Å². The zero-order chi connectivity index (χ0) is 12.4. The van der Waals surface area contributed by atoms with Gasteiger partial charge in [-0.2, -0.15) is 0 Å². The van der Waals surface area contributed by atoms with Crippen molar-refractivity contribution in [2.24, 2.45) is 0 Å². The molecule has 2 N–H and O–H groups in total. The summed E-state index contributed by atoms with van der Waals surface area (Å²) in [5, 5.41) is 9.50. The summed E-state index contributed by atoms with van der Waals surface area (Å²) in [6, 6.07) is 6.35. The van der Waals surface area contributed by atoms with Crippen molar-refractivity contribution in [1.29, 1.82) is 0 Å². The first-order valence-corrected chi connectivity index (χ1v) is 5.15. The Morgan fingerprint density at radius 2 is 2.12 bits per heavy atom. The predicted molar refractivity (Wildman–Crippen MR) is 61.2 cm³/mol. The van der Waals surface area contributed by atoms with Crippen molar-refractivity contribution in [3.05, 3.63) is 35.5 Å². The molecule has 1 aromatic carbocycles. The number of hydrogen-bond acceptors (Lipinski definition) is 3. The van der Waals surface area contributed by atoms with Gasteiger partial charge in [-0.15, -0.1) is 0 Å². The number of carbonyl (C=O) groups is 2. The molecule has 0 bridgehead atoms. The van der Waals surface area contributed by atoms with Crippen LogP contribution in [0.5, 0.6) is 0 Å². The van der Waals surface area contributed by atoms with Gasteiger partial charge in [0.15, 0.2) is 0 Å². The molecule has 0 radical (unpaired) electrons. The maximum Gasteiger partial charge on any atom is 0.352 e. The van der Waals surface area contributed by atoms with Crippen molar-refractivity contribution in [3.63, 3.8) is 0 Å². The van der Waals surface area contributed by atoms with E-state index in [1.807, 2.05) is 0 Å². The topological polar surface area (TPSA) is 79.4 Å². The Morgan fingerprint density at radius 1 is 1.35 bits per heavy atom. The Hall–Kier alpha value is -2.30. The number of esters is 1. The van der Waals surface area contributed by atoms with Crippen LogP contribution >= 0.6 is 0 Å². The van der Waals surface area contributed by atoms with E-state index >= 15 is 0 Å². The molecule has 0 aliphatic carbocycles. The van der Waals surface area contributed by atoms with Gasteiger partial charge in [-0.05, 0) is 31.2 Å². The van der Waals surface area contributed by atoms with Crippen molar-refractivity contribution >= 4 is 22.8 Å². The third-order valence-electron chi connectivity index (χ3n) is 2.36. The minimum Gasteiger partial charge on any atom is -0.477 e. The number of aromatic nitrogens is 1. The third kappa shape index (κ3) is 2.13. The van der Waals surface area contributed by atoms with Gasteiger partial charge in [-0.1, -0.05) is 0 Å². The zero-order valence-corrected chi connectivity index (χ0v) is 9.19. The Labute approximate surface area is 97.0 Å². The highest BCUT2D eigenvalue weighted by Crippen LogP contribution is 2.18. The number of carboxylic acid groups (broad SMARTS) is 1. The van der Waals surface area contributed by atoms with Crippen LogP contribution in [0, 0.1) is 0 Å². The highest BCUT2D eigenvalue weighted by atomic mass is 16.5.